The number of hydrogen-bond donors (Lipinski definition) is 2. The van der Waals surface area contributed by atoms with Gasteiger partial charge in [0, 0.05) is 42.9 Å². The summed E-state index contributed by atoms with van der Waals surface area (Å²) in [5, 5.41) is 8.61. The molecule has 168 valence electrons. The quantitative estimate of drug-likeness (QED) is 0.307. The van der Waals surface area contributed by atoms with E-state index in [1.807, 2.05) is 24.0 Å². The van der Waals surface area contributed by atoms with E-state index >= 15 is 0 Å². The van der Waals surface area contributed by atoms with Crippen LogP contribution in [-0.4, -0.2) is 42.9 Å². The number of rotatable bonds is 7. The largest absolute Gasteiger partial charge is 0.357 e. The summed E-state index contributed by atoms with van der Waals surface area (Å²) in [6, 6.07) is 9.12. The Kier molecular flexibility index (Phi) is 8.32. The van der Waals surface area contributed by atoms with Crippen molar-refractivity contribution < 1.29 is 9.18 Å². The van der Waals surface area contributed by atoms with Gasteiger partial charge in [0.05, 0.1) is 6.54 Å². The summed E-state index contributed by atoms with van der Waals surface area (Å²) in [6.07, 6.45) is 3.29. The first-order chi connectivity index (χ1) is 14.6. The number of aliphatic imine (C=N–C) groups is 1. The summed E-state index contributed by atoms with van der Waals surface area (Å²) in [6.45, 7) is 5.34. The highest BCUT2D eigenvalue weighted by Gasteiger charge is 2.45. The van der Waals surface area contributed by atoms with Crippen molar-refractivity contribution in [1.29, 1.82) is 0 Å². The predicted molar refractivity (Wildman–Crippen MR) is 135 cm³/mol. The van der Waals surface area contributed by atoms with Crippen LogP contribution in [0.2, 0.25) is 0 Å². The molecule has 0 spiro atoms. The molecule has 8 heteroatoms. The fraction of sp³-hybridized carbons (Fsp3) is 0.478. The lowest BCUT2D eigenvalue weighted by atomic mass is 9.95. The molecule has 1 aliphatic carbocycles. The van der Waals surface area contributed by atoms with Gasteiger partial charge in [-0.2, -0.15) is 0 Å². The number of carbonyl (C=O) groups excluding carboxylic acids is 1. The molecule has 2 aliphatic rings. The van der Waals surface area contributed by atoms with Crippen LogP contribution in [0.25, 0.3) is 0 Å². The summed E-state index contributed by atoms with van der Waals surface area (Å²) in [4.78, 5) is 20.7. The van der Waals surface area contributed by atoms with Crippen molar-refractivity contribution in [2.24, 2.45) is 4.99 Å². The van der Waals surface area contributed by atoms with Crippen LogP contribution in [0, 0.1) is 5.82 Å². The molecule has 5 nitrogen and oxygen atoms in total. The summed E-state index contributed by atoms with van der Waals surface area (Å²) in [5.74, 6) is 0.705. The van der Waals surface area contributed by atoms with Crippen molar-refractivity contribution in [3.8, 4) is 0 Å². The van der Waals surface area contributed by atoms with Gasteiger partial charge in [0.2, 0.25) is 5.91 Å². The Hall–Kier alpha value is -1.68. The number of hydrogen-bond acceptors (Lipinski definition) is 3. The van der Waals surface area contributed by atoms with E-state index in [1.165, 1.54) is 16.5 Å². The molecule has 31 heavy (non-hydrogen) atoms. The first-order valence-corrected chi connectivity index (χ1v) is 11.6. The number of halogens is 2. The van der Waals surface area contributed by atoms with Crippen LogP contribution in [-0.2, 0) is 23.2 Å². The van der Waals surface area contributed by atoms with Gasteiger partial charge in [0.25, 0.3) is 0 Å². The van der Waals surface area contributed by atoms with E-state index in [0.717, 1.165) is 44.5 Å². The van der Waals surface area contributed by atoms with Gasteiger partial charge in [-0.1, -0.05) is 18.2 Å². The number of thiophene rings is 1. The third kappa shape index (κ3) is 5.77. The molecule has 1 saturated carbocycles. The molecule has 1 aliphatic heterocycles. The predicted octanol–water partition coefficient (Wildman–Crippen LogP) is 4.07. The second-order valence-corrected chi connectivity index (χ2v) is 9.07. The van der Waals surface area contributed by atoms with E-state index < -0.39 is 0 Å². The summed E-state index contributed by atoms with van der Waals surface area (Å²) in [5.41, 5.74) is 1.86. The minimum absolute atomic E-state index is 0. The lowest BCUT2D eigenvalue weighted by Crippen LogP contribution is -2.41. The van der Waals surface area contributed by atoms with Crippen molar-refractivity contribution in [3.05, 3.63) is 57.5 Å². The first-order valence-electron chi connectivity index (χ1n) is 10.7. The maximum Gasteiger partial charge on any atom is 0.224 e. The van der Waals surface area contributed by atoms with Gasteiger partial charge >= 0.3 is 0 Å². The molecule has 0 saturated heterocycles. The van der Waals surface area contributed by atoms with Gasteiger partial charge in [-0.3, -0.25) is 9.79 Å². The smallest absolute Gasteiger partial charge is 0.224 e. The van der Waals surface area contributed by atoms with Gasteiger partial charge in [-0.15, -0.1) is 35.3 Å². The van der Waals surface area contributed by atoms with E-state index in [9.17, 15) is 9.18 Å². The van der Waals surface area contributed by atoms with Crippen LogP contribution in [0.4, 0.5) is 4.39 Å². The van der Waals surface area contributed by atoms with Gasteiger partial charge in [0.15, 0.2) is 5.96 Å². The number of nitrogens with one attached hydrogen (secondary N) is 2. The lowest BCUT2D eigenvalue weighted by Gasteiger charge is -2.27. The highest BCUT2D eigenvalue weighted by molar-refractivity contribution is 14.0. The highest BCUT2D eigenvalue weighted by atomic mass is 127. The molecule has 2 aromatic rings. The number of guanidine groups is 1. The number of amides is 1. The zero-order valence-electron chi connectivity index (χ0n) is 17.8. The summed E-state index contributed by atoms with van der Waals surface area (Å²) >= 11 is 1.78. The minimum atomic E-state index is -0.185. The Bertz CT molecular complexity index is 928. The molecule has 1 aromatic carbocycles. The average molecular weight is 556 g/mol. The van der Waals surface area contributed by atoms with Crippen LogP contribution in [0.15, 0.2) is 40.7 Å². The standard InChI is InChI=1S/C23H29FN4OS.HI/c1-2-25-22(27-16-23(10-11-23)18-5-3-4-6-19(18)24)26-12-7-21(29)28-13-8-20-17(15-28)9-14-30-20;/h3-6,9,14H,2,7-8,10-13,15-16H2,1H3,(H2,25,26,27);1H. The molecule has 0 atom stereocenters. The number of benzene rings is 1. The Morgan fingerprint density at radius 1 is 1.26 bits per heavy atom. The Labute approximate surface area is 204 Å². The minimum Gasteiger partial charge on any atom is -0.357 e. The zero-order valence-corrected chi connectivity index (χ0v) is 21.0. The molecular weight excluding hydrogens is 526 g/mol. The lowest BCUT2D eigenvalue weighted by molar-refractivity contribution is -0.131. The molecule has 0 bridgehead atoms. The fourth-order valence-electron chi connectivity index (χ4n) is 4.03. The SMILES string of the molecule is CCNC(=NCC1(c2ccccc2F)CC1)NCCC(=O)N1CCc2sccc2C1.I. The van der Waals surface area contributed by atoms with E-state index in [-0.39, 0.29) is 41.1 Å². The van der Waals surface area contributed by atoms with E-state index in [1.54, 1.807) is 17.4 Å². The van der Waals surface area contributed by atoms with Crippen LogP contribution in [0.5, 0.6) is 0 Å². The normalized spacial score (nSPS) is 16.8. The van der Waals surface area contributed by atoms with Gasteiger partial charge in [0.1, 0.15) is 5.82 Å². The van der Waals surface area contributed by atoms with Crippen LogP contribution in [0.1, 0.15) is 42.2 Å². The van der Waals surface area contributed by atoms with Crippen LogP contribution >= 0.6 is 35.3 Å². The monoisotopic (exact) mass is 556 g/mol. The topological polar surface area (TPSA) is 56.7 Å². The van der Waals surface area contributed by atoms with E-state index in [4.69, 9.17) is 4.99 Å². The highest BCUT2D eigenvalue weighted by Crippen LogP contribution is 2.49. The second-order valence-electron chi connectivity index (χ2n) is 8.07. The molecule has 1 aromatic heterocycles. The van der Waals surface area contributed by atoms with Crippen molar-refractivity contribution in [2.45, 2.75) is 44.6 Å². The van der Waals surface area contributed by atoms with Crippen molar-refractivity contribution in [1.82, 2.24) is 15.5 Å². The van der Waals surface area contributed by atoms with E-state index in [2.05, 4.69) is 22.1 Å². The summed E-state index contributed by atoms with van der Waals surface area (Å²) < 4.78 is 14.2. The van der Waals surface area contributed by atoms with Gasteiger partial charge in [-0.05, 0) is 54.8 Å². The molecule has 1 fully saturated rings. The molecule has 0 unspecified atom stereocenters. The van der Waals surface area contributed by atoms with Crippen LogP contribution < -0.4 is 10.6 Å². The second kappa shape index (κ2) is 10.8. The molecule has 0 radical (unpaired) electrons. The molecule has 2 N–H and O–H groups in total. The fourth-order valence-corrected chi connectivity index (χ4v) is 4.92. The Morgan fingerprint density at radius 2 is 2.06 bits per heavy atom. The maximum absolute atomic E-state index is 14.2. The molecule has 2 heterocycles. The first kappa shape index (κ1) is 24.0. The van der Waals surface area contributed by atoms with Gasteiger partial charge in [-0.25, -0.2) is 4.39 Å². The third-order valence-electron chi connectivity index (χ3n) is 5.97. The maximum atomic E-state index is 14.2. The van der Waals surface area contributed by atoms with Gasteiger partial charge < -0.3 is 15.5 Å². The number of nitrogens with zero attached hydrogens (tertiary/aromatic N) is 2. The number of fused-ring (bicyclic) bond motifs is 1. The summed E-state index contributed by atoms with van der Waals surface area (Å²) in [7, 11) is 0. The molecular formula is C23H30FIN4OS. The molecule has 1 amide bonds. The van der Waals surface area contributed by atoms with E-state index in [0.29, 0.717) is 25.5 Å². The average Bonchev–Trinajstić information content (AvgIpc) is 3.39. The third-order valence-corrected chi connectivity index (χ3v) is 7.00. The van der Waals surface area contributed by atoms with Crippen molar-refractivity contribution in [3.63, 3.8) is 0 Å². The molecule has 4 rings (SSSR count). The Balaban J connectivity index is 0.00000272. The van der Waals surface area contributed by atoms with Crippen molar-refractivity contribution >= 4 is 47.2 Å². The van der Waals surface area contributed by atoms with Crippen LogP contribution in [0.3, 0.4) is 0 Å². The van der Waals surface area contributed by atoms with Crippen molar-refractivity contribution in [2.75, 3.05) is 26.2 Å². The Morgan fingerprint density at radius 3 is 2.81 bits per heavy atom. The number of carbonyl (C=O) groups is 1. The zero-order chi connectivity index (χ0) is 21.0.